The third-order valence-electron chi connectivity index (χ3n) is 4.27. The Morgan fingerprint density at radius 2 is 1.96 bits per heavy atom. The van der Waals surface area contributed by atoms with Crippen molar-refractivity contribution in [3.8, 4) is 11.3 Å². The van der Waals surface area contributed by atoms with Crippen LogP contribution in [0.4, 0.5) is 5.82 Å². The number of aromatic nitrogens is 2. The molecule has 1 fully saturated rings. The number of rotatable bonds is 4. The number of hydrogen-bond acceptors (Lipinski definition) is 4. The van der Waals surface area contributed by atoms with E-state index in [0.717, 1.165) is 36.5 Å². The van der Waals surface area contributed by atoms with E-state index in [2.05, 4.69) is 20.4 Å². The third-order valence-corrected chi connectivity index (χ3v) is 4.27. The van der Waals surface area contributed by atoms with Gasteiger partial charge in [-0.3, -0.25) is 4.79 Å². The van der Waals surface area contributed by atoms with Gasteiger partial charge in [0.05, 0.1) is 11.6 Å². The van der Waals surface area contributed by atoms with Crippen LogP contribution in [0.25, 0.3) is 11.3 Å². The predicted octanol–water partition coefficient (Wildman–Crippen LogP) is 2.88. The van der Waals surface area contributed by atoms with Gasteiger partial charge in [0.25, 0.3) is 0 Å². The van der Waals surface area contributed by atoms with Gasteiger partial charge in [-0.05, 0) is 38.8 Å². The topological polar surface area (TPSA) is 58.1 Å². The van der Waals surface area contributed by atoms with Crippen LogP contribution in [-0.4, -0.2) is 35.2 Å². The van der Waals surface area contributed by atoms with Crippen molar-refractivity contribution in [3.05, 3.63) is 42.5 Å². The predicted molar refractivity (Wildman–Crippen MR) is 95.7 cm³/mol. The van der Waals surface area contributed by atoms with Crippen molar-refractivity contribution >= 4 is 11.7 Å². The summed E-state index contributed by atoms with van der Waals surface area (Å²) >= 11 is 0. The molecule has 0 unspecified atom stereocenters. The lowest BCUT2D eigenvalue weighted by Gasteiger charge is -2.32. The minimum absolute atomic E-state index is 0.0248. The van der Waals surface area contributed by atoms with Crippen LogP contribution in [0.15, 0.2) is 42.5 Å². The number of anilines is 1. The first-order valence-corrected chi connectivity index (χ1v) is 8.58. The summed E-state index contributed by atoms with van der Waals surface area (Å²) in [6.45, 7) is 5.61. The highest BCUT2D eigenvalue weighted by Crippen LogP contribution is 2.23. The molecule has 0 bridgehead atoms. The molecule has 1 amide bonds. The maximum atomic E-state index is 12.3. The fourth-order valence-electron chi connectivity index (χ4n) is 3.06. The molecule has 5 heteroatoms. The summed E-state index contributed by atoms with van der Waals surface area (Å²) in [4.78, 5) is 14.4. The van der Waals surface area contributed by atoms with E-state index in [1.165, 1.54) is 0 Å². The van der Waals surface area contributed by atoms with E-state index in [-0.39, 0.29) is 17.9 Å². The van der Waals surface area contributed by atoms with Crippen LogP contribution in [0.1, 0.15) is 26.7 Å². The Morgan fingerprint density at radius 3 is 2.62 bits per heavy atom. The van der Waals surface area contributed by atoms with Crippen LogP contribution in [0.5, 0.6) is 0 Å². The number of carbonyl (C=O) groups is 1. The molecule has 0 saturated carbocycles. The zero-order chi connectivity index (χ0) is 16.9. The first kappa shape index (κ1) is 16.4. The van der Waals surface area contributed by atoms with Crippen LogP contribution >= 0.6 is 0 Å². The van der Waals surface area contributed by atoms with Gasteiger partial charge in [-0.2, -0.15) is 0 Å². The number of nitrogens with one attached hydrogen (secondary N) is 1. The average Bonchev–Trinajstić information content (AvgIpc) is 2.62. The van der Waals surface area contributed by atoms with Gasteiger partial charge in [-0.25, -0.2) is 0 Å². The molecule has 2 aromatic rings. The molecule has 2 heterocycles. The van der Waals surface area contributed by atoms with Crippen molar-refractivity contribution in [2.45, 2.75) is 32.7 Å². The Morgan fingerprint density at radius 1 is 1.17 bits per heavy atom. The molecule has 1 saturated heterocycles. The monoisotopic (exact) mass is 324 g/mol. The van der Waals surface area contributed by atoms with Gasteiger partial charge in [0.2, 0.25) is 5.91 Å². The summed E-state index contributed by atoms with van der Waals surface area (Å²) in [6, 6.07) is 14.2. The van der Waals surface area contributed by atoms with Crippen molar-refractivity contribution in [2.24, 2.45) is 5.92 Å². The second-order valence-corrected chi connectivity index (χ2v) is 6.59. The van der Waals surface area contributed by atoms with Crippen LogP contribution in [-0.2, 0) is 4.79 Å². The lowest BCUT2D eigenvalue weighted by Crippen LogP contribution is -2.45. The summed E-state index contributed by atoms with van der Waals surface area (Å²) in [6.07, 6.45) is 1.93. The minimum atomic E-state index is 0.0248. The Balaban J connectivity index is 1.69. The molecule has 0 spiro atoms. The third kappa shape index (κ3) is 3.91. The Bertz CT molecular complexity index is 670. The van der Waals surface area contributed by atoms with E-state index >= 15 is 0 Å². The lowest BCUT2D eigenvalue weighted by atomic mass is 9.97. The van der Waals surface area contributed by atoms with Crippen molar-refractivity contribution in [2.75, 3.05) is 18.0 Å². The van der Waals surface area contributed by atoms with Crippen LogP contribution in [0.3, 0.4) is 0 Å². The van der Waals surface area contributed by atoms with E-state index in [1.807, 2.05) is 56.3 Å². The number of hydrogen-bond donors (Lipinski definition) is 1. The Hall–Kier alpha value is -2.43. The fraction of sp³-hybridized carbons (Fsp3) is 0.421. The number of amides is 1. The molecule has 3 rings (SSSR count). The number of benzene rings is 1. The molecular weight excluding hydrogens is 300 g/mol. The molecule has 1 aromatic heterocycles. The van der Waals surface area contributed by atoms with Gasteiger partial charge >= 0.3 is 0 Å². The van der Waals surface area contributed by atoms with Crippen molar-refractivity contribution in [3.63, 3.8) is 0 Å². The molecule has 0 aliphatic carbocycles. The first-order chi connectivity index (χ1) is 11.6. The standard InChI is InChI=1S/C19H24N4O/c1-14(2)20-19(24)16-9-6-12-23(13-16)18-11-10-17(21-22-18)15-7-4-3-5-8-15/h3-5,7-8,10-11,14,16H,6,9,12-13H2,1-2H3,(H,20,24)/t16-/m1/s1. The van der Waals surface area contributed by atoms with Gasteiger partial charge < -0.3 is 10.2 Å². The lowest BCUT2D eigenvalue weighted by molar-refractivity contribution is -0.125. The molecule has 1 atom stereocenters. The molecule has 1 aliphatic rings. The van der Waals surface area contributed by atoms with Crippen LogP contribution in [0.2, 0.25) is 0 Å². The first-order valence-electron chi connectivity index (χ1n) is 8.58. The molecule has 1 aliphatic heterocycles. The second kappa shape index (κ2) is 7.43. The van der Waals surface area contributed by atoms with Gasteiger partial charge in [0.1, 0.15) is 0 Å². The second-order valence-electron chi connectivity index (χ2n) is 6.59. The van der Waals surface area contributed by atoms with Crippen molar-refractivity contribution in [1.82, 2.24) is 15.5 Å². The maximum Gasteiger partial charge on any atom is 0.225 e. The summed E-state index contributed by atoms with van der Waals surface area (Å²) in [5, 5.41) is 11.7. The molecule has 1 aromatic carbocycles. The average molecular weight is 324 g/mol. The van der Waals surface area contributed by atoms with E-state index < -0.39 is 0 Å². The smallest absolute Gasteiger partial charge is 0.225 e. The van der Waals surface area contributed by atoms with Crippen LogP contribution in [0, 0.1) is 5.92 Å². The van der Waals surface area contributed by atoms with E-state index in [0.29, 0.717) is 6.54 Å². The summed E-state index contributed by atoms with van der Waals surface area (Å²) in [5.41, 5.74) is 1.93. The van der Waals surface area contributed by atoms with Gasteiger partial charge in [-0.15, -0.1) is 10.2 Å². The van der Waals surface area contributed by atoms with E-state index in [1.54, 1.807) is 0 Å². The highest BCUT2D eigenvalue weighted by molar-refractivity contribution is 5.79. The van der Waals surface area contributed by atoms with Crippen molar-refractivity contribution < 1.29 is 4.79 Å². The minimum Gasteiger partial charge on any atom is -0.354 e. The number of carbonyl (C=O) groups excluding carboxylic acids is 1. The normalized spacial score (nSPS) is 17.8. The Kier molecular flexibility index (Phi) is 5.08. The summed E-state index contributed by atoms with van der Waals surface area (Å²) < 4.78 is 0. The SMILES string of the molecule is CC(C)NC(=O)[C@@H]1CCCN(c2ccc(-c3ccccc3)nn2)C1. The Labute approximate surface area is 143 Å². The highest BCUT2D eigenvalue weighted by atomic mass is 16.2. The molecule has 0 radical (unpaired) electrons. The van der Waals surface area contributed by atoms with E-state index in [4.69, 9.17) is 0 Å². The molecular formula is C19H24N4O. The van der Waals surface area contributed by atoms with Crippen molar-refractivity contribution in [1.29, 1.82) is 0 Å². The number of nitrogens with zero attached hydrogens (tertiary/aromatic N) is 3. The van der Waals surface area contributed by atoms with Gasteiger partial charge in [0, 0.05) is 24.7 Å². The quantitative estimate of drug-likeness (QED) is 0.939. The highest BCUT2D eigenvalue weighted by Gasteiger charge is 2.26. The molecule has 1 N–H and O–H groups in total. The summed E-state index contributed by atoms with van der Waals surface area (Å²) in [7, 11) is 0. The largest absolute Gasteiger partial charge is 0.354 e. The zero-order valence-corrected chi connectivity index (χ0v) is 14.3. The maximum absolute atomic E-state index is 12.3. The van der Waals surface area contributed by atoms with Gasteiger partial charge in [-0.1, -0.05) is 30.3 Å². The molecule has 5 nitrogen and oxygen atoms in total. The number of piperidine rings is 1. The summed E-state index contributed by atoms with van der Waals surface area (Å²) in [5.74, 6) is 1.01. The van der Waals surface area contributed by atoms with E-state index in [9.17, 15) is 4.79 Å². The fourth-order valence-corrected chi connectivity index (χ4v) is 3.06. The van der Waals surface area contributed by atoms with Crippen LogP contribution < -0.4 is 10.2 Å². The molecule has 126 valence electrons. The molecule has 24 heavy (non-hydrogen) atoms. The van der Waals surface area contributed by atoms with Gasteiger partial charge in [0.15, 0.2) is 5.82 Å². The zero-order valence-electron chi connectivity index (χ0n) is 14.3.